The predicted octanol–water partition coefficient (Wildman–Crippen LogP) is 3.52. The molecule has 2 N–H and O–H groups in total. The minimum absolute atomic E-state index is 0.0601. The molecule has 0 bridgehead atoms. The van der Waals surface area contributed by atoms with Crippen LogP contribution >= 0.6 is 23.2 Å². The van der Waals surface area contributed by atoms with Crippen LogP contribution in [0, 0.1) is 0 Å². The molecule has 0 unspecified atom stereocenters. The van der Waals surface area contributed by atoms with Crippen molar-refractivity contribution in [2.45, 2.75) is 44.9 Å². The van der Waals surface area contributed by atoms with E-state index in [0.717, 1.165) is 0 Å². The molecule has 1 aromatic carbocycles. The number of hydrogen-bond acceptors (Lipinski definition) is 7. The SMILES string of the molecule is C=CCOC(=O)N[C@@H](CC(=O)OC(C)(C)C)[C@H](O)COC(=O)c1c(Cl)cccc1Cl. The Labute approximate surface area is 185 Å². The number of aliphatic hydroxyl groups excluding tert-OH is 1. The first-order valence-electron chi connectivity index (χ1n) is 8.99. The van der Waals surface area contributed by atoms with E-state index in [1.54, 1.807) is 26.8 Å². The summed E-state index contributed by atoms with van der Waals surface area (Å²) in [7, 11) is 0. The smallest absolute Gasteiger partial charge is 0.407 e. The molecule has 8 nitrogen and oxygen atoms in total. The molecule has 0 saturated heterocycles. The molecule has 10 heteroatoms. The summed E-state index contributed by atoms with van der Waals surface area (Å²) < 4.78 is 15.1. The average molecular weight is 462 g/mol. The number of rotatable bonds is 9. The van der Waals surface area contributed by atoms with E-state index < -0.39 is 42.4 Å². The predicted molar refractivity (Wildman–Crippen MR) is 112 cm³/mol. The number of alkyl carbamates (subject to hydrolysis) is 1. The summed E-state index contributed by atoms with van der Waals surface area (Å²) in [4.78, 5) is 36.2. The third kappa shape index (κ3) is 9.02. The van der Waals surface area contributed by atoms with Gasteiger partial charge in [0.1, 0.15) is 24.9 Å². The normalized spacial score (nSPS) is 13.0. The Hall–Kier alpha value is -2.29. The topological polar surface area (TPSA) is 111 Å². The molecule has 0 heterocycles. The summed E-state index contributed by atoms with van der Waals surface area (Å²) in [6.45, 7) is 7.84. The van der Waals surface area contributed by atoms with Gasteiger partial charge in [-0.05, 0) is 32.9 Å². The Balaban J connectivity index is 2.83. The maximum Gasteiger partial charge on any atom is 0.407 e. The van der Waals surface area contributed by atoms with E-state index in [4.69, 9.17) is 37.4 Å². The van der Waals surface area contributed by atoms with Crippen molar-refractivity contribution in [3.63, 3.8) is 0 Å². The largest absolute Gasteiger partial charge is 0.460 e. The Morgan fingerprint density at radius 1 is 1.20 bits per heavy atom. The van der Waals surface area contributed by atoms with Crippen molar-refractivity contribution in [3.8, 4) is 0 Å². The van der Waals surface area contributed by atoms with Crippen LogP contribution in [0.25, 0.3) is 0 Å². The number of carbonyl (C=O) groups excluding carboxylic acids is 3. The standard InChI is InChI=1S/C20H25Cl2NO7/c1-5-9-28-19(27)23-14(10-16(25)30-20(2,3)4)15(24)11-29-18(26)17-12(21)7-6-8-13(17)22/h5-8,14-15,24H,1,9-11H2,2-4H3,(H,23,27)/t14-,15+/m0/s1. The van der Waals surface area contributed by atoms with Crippen LogP contribution in [0.3, 0.4) is 0 Å². The lowest BCUT2D eigenvalue weighted by molar-refractivity contribution is -0.156. The number of aliphatic hydroxyl groups is 1. The van der Waals surface area contributed by atoms with Crippen LogP contribution in [0.15, 0.2) is 30.9 Å². The molecule has 166 valence electrons. The third-order valence-electron chi connectivity index (χ3n) is 3.46. The fraction of sp³-hybridized carbons (Fsp3) is 0.450. The maximum atomic E-state index is 12.3. The van der Waals surface area contributed by atoms with Gasteiger partial charge in [-0.1, -0.05) is 41.9 Å². The molecule has 1 amide bonds. The summed E-state index contributed by atoms with van der Waals surface area (Å²) in [5.74, 6) is -1.54. The minimum atomic E-state index is -1.45. The van der Waals surface area contributed by atoms with Gasteiger partial charge in [0.05, 0.1) is 28.1 Å². The van der Waals surface area contributed by atoms with Gasteiger partial charge >= 0.3 is 18.0 Å². The highest BCUT2D eigenvalue weighted by Gasteiger charge is 2.29. The van der Waals surface area contributed by atoms with Crippen LogP contribution < -0.4 is 5.32 Å². The molecule has 1 aromatic rings. The van der Waals surface area contributed by atoms with E-state index in [2.05, 4.69) is 11.9 Å². The zero-order valence-electron chi connectivity index (χ0n) is 16.9. The zero-order chi connectivity index (χ0) is 22.9. The van der Waals surface area contributed by atoms with Crippen LogP contribution in [0.5, 0.6) is 0 Å². The first kappa shape index (κ1) is 25.7. The van der Waals surface area contributed by atoms with Gasteiger partial charge < -0.3 is 24.6 Å². The number of halogens is 2. The Morgan fingerprint density at radius 2 is 1.80 bits per heavy atom. The Bertz CT molecular complexity index is 757. The molecule has 0 spiro atoms. The Kier molecular flexibility index (Phi) is 10.1. The van der Waals surface area contributed by atoms with Crippen LogP contribution in [0.4, 0.5) is 4.79 Å². The molecule has 0 saturated carbocycles. The van der Waals surface area contributed by atoms with Crippen molar-refractivity contribution >= 4 is 41.2 Å². The van der Waals surface area contributed by atoms with Crippen molar-refractivity contribution in [2.24, 2.45) is 0 Å². The molecule has 0 aliphatic heterocycles. The average Bonchev–Trinajstić information content (AvgIpc) is 2.62. The summed E-state index contributed by atoms with van der Waals surface area (Å²) in [5, 5.41) is 12.9. The highest BCUT2D eigenvalue weighted by molar-refractivity contribution is 6.39. The zero-order valence-corrected chi connectivity index (χ0v) is 18.5. The number of ether oxygens (including phenoxy) is 3. The number of amides is 1. The highest BCUT2D eigenvalue weighted by Crippen LogP contribution is 2.25. The van der Waals surface area contributed by atoms with Crippen molar-refractivity contribution in [3.05, 3.63) is 46.5 Å². The molecule has 0 aliphatic carbocycles. The number of hydrogen-bond donors (Lipinski definition) is 2. The van der Waals surface area contributed by atoms with Crippen molar-refractivity contribution in [1.29, 1.82) is 0 Å². The van der Waals surface area contributed by atoms with Gasteiger partial charge in [0.2, 0.25) is 0 Å². The first-order chi connectivity index (χ1) is 13.9. The van der Waals surface area contributed by atoms with Gasteiger partial charge in [0, 0.05) is 0 Å². The van der Waals surface area contributed by atoms with Crippen LogP contribution in [-0.4, -0.2) is 54.1 Å². The Morgan fingerprint density at radius 3 is 2.33 bits per heavy atom. The number of esters is 2. The molecular formula is C20H25Cl2NO7. The lowest BCUT2D eigenvalue weighted by atomic mass is 10.1. The summed E-state index contributed by atoms with van der Waals surface area (Å²) in [5.41, 5.74) is -0.821. The summed E-state index contributed by atoms with van der Waals surface area (Å²) in [6, 6.07) is 3.34. The second kappa shape index (κ2) is 11.8. The molecule has 0 radical (unpaired) electrons. The van der Waals surface area contributed by atoms with E-state index in [-0.39, 0.29) is 28.6 Å². The molecule has 1 rings (SSSR count). The first-order valence-corrected chi connectivity index (χ1v) is 9.75. The molecule has 0 aromatic heterocycles. The molecular weight excluding hydrogens is 437 g/mol. The van der Waals surface area contributed by atoms with E-state index in [9.17, 15) is 19.5 Å². The molecule has 0 fully saturated rings. The maximum absolute atomic E-state index is 12.3. The monoisotopic (exact) mass is 461 g/mol. The van der Waals surface area contributed by atoms with E-state index in [1.807, 2.05) is 0 Å². The van der Waals surface area contributed by atoms with Crippen molar-refractivity contribution in [1.82, 2.24) is 5.32 Å². The number of nitrogens with one attached hydrogen (secondary N) is 1. The lowest BCUT2D eigenvalue weighted by Gasteiger charge is -2.25. The van der Waals surface area contributed by atoms with E-state index >= 15 is 0 Å². The van der Waals surface area contributed by atoms with Crippen molar-refractivity contribution in [2.75, 3.05) is 13.2 Å². The second-order valence-electron chi connectivity index (χ2n) is 7.19. The number of carbonyl (C=O) groups is 3. The summed E-state index contributed by atoms with van der Waals surface area (Å²) in [6.07, 6.45) is -1.36. The summed E-state index contributed by atoms with van der Waals surface area (Å²) >= 11 is 11.9. The van der Waals surface area contributed by atoms with Crippen LogP contribution in [-0.2, 0) is 19.0 Å². The van der Waals surface area contributed by atoms with Gasteiger partial charge in [-0.2, -0.15) is 0 Å². The van der Waals surface area contributed by atoms with Crippen molar-refractivity contribution < 1.29 is 33.7 Å². The fourth-order valence-corrected chi connectivity index (χ4v) is 2.77. The van der Waals surface area contributed by atoms with Gasteiger partial charge in [-0.3, -0.25) is 4.79 Å². The van der Waals surface area contributed by atoms with E-state index in [1.165, 1.54) is 18.2 Å². The molecule has 30 heavy (non-hydrogen) atoms. The minimum Gasteiger partial charge on any atom is -0.460 e. The quantitative estimate of drug-likeness (QED) is 0.328. The fourth-order valence-electron chi connectivity index (χ4n) is 2.22. The van der Waals surface area contributed by atoms with E-state index in [0.29, 0.717) is 0 Å². The number of benzene rings is 1. The molecule has 2 atom stereocenters. The van der Waals surface area contributed by atoms with Crippen LogP contribution in [0.2, 0.25) is 10.0 Å². The van der Waals surface area contributed by atoms with Gasteiger partial charge in [-0.25, -0.2) is 9.59 Å². The lowest BCUT2D eigenvalue weighted by Crippen LogP contribution is -2.47. The molecule has 0 aliphatic rings. The van der Waals surface area contributed by atoms with Gasteiger partial charge in [0.25, 0.3) is 0 Å². The van der Waals surface area contributed by atoms with Gasteiger partial charge in [-0.15, -0.1) is 0 Å². The second-order valence-corrected chi connectivity index (χ2v) is 8.01. The third-order valence-corrected chi connectivity index (χ3v) is 4.09. The van der Waals surface area contributed by atoms with Gasteiger partial charge in [0.15, 0.2) is 0 Å². The van der Waals surface area contributed by atoms with Crippen LogP contribution in [0.1, 0.15) is 37.6 Å². The highest BCUT2D eigenvalue weighted by atomic mass is 35.5.